The Morgan fingerprint density at radius 2 is 1.77 bits per heavy atom. The van der Waals surface area contributed by atoms with Gasteiger partial charge in [-0.05, 0) is 36.6 Å². The number of alkyl halides is 3. The molecule has 2 saturated heterocycles. The first-order chi connectivity index (χ1) is 24.9. The lowest BCUT2D eigenvalue weighted by Gasteiger charge is -2.53. The van der Waals surface area contributed by atoms with Gasteiger partial charge in [-0.3, -0.25) is 14.5 Å². The maximum Gasteiger partial charge on any atom is 0.433 e. The molecule has 5 aromatic rings. The van der Waals surface area contributed by atoms with E-state index in [0.29, 0.717) is 52.9 Å². The van der Waals surface area contributed by atoms with Crippen molar-refractivity contribution in [3.05, 3.63) is 91.9 Å². The number of halogens is 5. The van der Waals surface area contributed by atoms with Crippen LogP contribution in [0.25, 0.3) is 33.2 Å². The van der Waals surface area contributed by atoms with Crippen molar-refractivity contribution < 1.29 is 27.4 Å². The molecular weight excluding hydrogens is 722 g/mol. The maximum absolute atomic E-state index is 13.8. The number of hydrogen-bond acceptors (Lipinski definition) is 9. The molecule has 3 aliphatic rings. The van der Waals surface area contributed by atoms with Crippen LogP contribution in [0, 0.1) is 0 Å². The van der Waals surface area contributed by atoms with Crippen LogP contribution in [0.1, 0.15) is 29.3 Å². The summed E-state index contributed by atoms with van der Waals surface area (Å²) in [5.74, 6) is 0.0861. The molecule has 16 heteroatoms. The number of amides is 1. The van der Waals surface area contributed by atoms with E-state index in [4.69, 9.17) is 37.7 Å². The fraction of sp³-hybridized carbons (Fsp3) is 0.306. The molecule has 0 saturated carbocycles. The highest BCUT2D eigenvalue weighted by Gasteiger charge is 2.50. The van der Waals surface area contributed by atoms with Gasteiger partial charge >= 0.3 is 6.18 Å². The van der Waals surface area contributed by atoms with Crippen molar-refractivity contribution in [1.82, 2.24) is 30.0 Å². The zero-order valence-corrected chi connectivity index (χ0v) is 29.3. The van der Waals surface area contributed by atoms with Crippen molar-refractivity contribution in [3.8, 4) is 28.3 Å². The van der Waals surface area contributed by atoms with Crippen molar-refractivity contribution in [2.75, 3.05) is 38.7 Å². The zero-order valence-electron chi connectivity index (χ0n) is 27.8. The van der Waals surface area contributed by atoms with Crippen LogP contribution in [0.2, 0.25) is 10.0 Å². The number of anilines is 2. The van der Waals surface area contributed by atoms with Crippen molar-refractivity contribution in [2.24, 2.45) is 7.05 Å². The second kappa shape index (κ2) is 12.7. The number of aryl methyl sites for hydroxylation is 2. The number of fused-ring (bicyclic) bond motifs is 2. The first-order valence-corrected chi connectivity index (χ1v) is 17.1. The molecule has 2 aliphatic heterocycles. The molecule has 1 atom stereocenters. The topological polar surface area (TPSA) is 124 Å². The van der Waals surface area contributed by atoms with Crippen molar-refractivity contribution in [3.63, 3.8) is 0 Å². The van der Waals surface area contributed by atoms with Crippen molar-refractivity contribution >= 4 is 51.4 Å². The lowest BCUT2D eigenvalue weighted by atomic mass is 9.89. The Balaban J connectivity index is 1.12. The SMILES string of the molecule is COc1nc(-c2cccc(-c3cccc(Nc4nc(C(F)(F)F)cc5cnn(C)c(=O)c45)c3Cl)c2Cl)cc2c1C(N1CC3(CNC(=O)CO3)C1)CC2. The quantitative estimate of drug-likeness (QED) is 0.205. The van der Waals surface area contributed by atoms with Crippen LogP contribution in [-0.4, -0.2) is 69.5 Å². The summed E-state index contributed by atoms with van der Waals surface area (Å²) in [7, 11) is 2.98. The molecule has 11 nitrogen and oxygen atoms in total. The number of nitrogens with one attached hydrogen (secondary N) is 2. The number of methoxy groups -OCH3 is 1. The van der Waals surface area contributed by atoms with E-state index in [0.717, 1.165) is 34.7 Å². The molecule has 1 unspecified atom stereocenters. The highest BCUT2D eigenvalue weighted by molar-refractivity contribution is 6.39. The van der Waals surface area contributed by atoms with Gasteiger partial charge in [-0.25, -0.2) is 14.6 Å². The van der Waals surface area contributed by atoms with Gasteiger partial charge in [0.15, 0.2) is 0 Å². The summed E-state index contributed by atoms with van der Waals surface area (Å²) in [6.07, 6.45) is -1.91. The van der Waals surface area contributed by atoms with E-state index in [-0.39, 0.29) is 51.5 Å². The largest absolute Gasteiger partial charge is 0.481 e. The third-order valence-corrected chi connectivity index (χ3v) is 10.7. The van der Waals surface area contributed by atoms with Gasteiger partial charge in [0, 0.05) is 60.4 Å². The Hall–Kier alpha value is -4.76. The highest BCUT2D eigenvalue weighted by atomic mass is 35.5. The van der Waals surface area contributed by atoms with Gasteiger partial charge in [-0.1, -0.05) is 53.5 Å². The first-order valence-electron chi connectivity index (χ1n) is 16.4. The number of benzene rings is 2. The van der Waals surface area contributed by atoms with Crippen LogP contribution in [0.4, 0.5) is 24.7 Å². The summed E-state index contributed by atoms with van der Waals surface area (Å²) in [5.41, 5.74) is 2.43. The van der Waals surface area contributed by atoms with Crippen LogP contribution in [0.3, 0.4) is 0 Å². The van der Waals surface area contributed by atoms with Crippen molar-refractivity contribution in [1.29, 1.82) is 0 Å². The van der Waals surface area contributed by atoms with Gasteiger partial charge in [0.1, 0.15) is 23.7 Å². The lowest BCUT2D eigenvalue weighted by Crippen LogP contribution is -2.70. The second-order valence-electron chi connectivity index (χ2n) is 13.1. The number of pyridine rings is 2. The molecule has 8 rings (SSSR count). The van der Waals surface area contributed by atoms with E-state index in [2.05, 4.69) is 25.6 Å². The van der Waals surface area contributed by atoms with E-state index in [1.54, 1.807) is 31.4 Å². The number of ether oxygens (including phenoxy) is 2. The average molecular weight is 753 g/mol. The molecule has 1 spiro atoms. The van der Waals surface area contributed by atoms with E-state index in [9.17, 15) is 22.8 Å². The Morgan fingerprint density at radius 3 is 2.48 bits per heavy atom. The summed E-state index contributed by atoms with van der Waals surface area (Å²) >= 11 is 14.0. The Labute approximate surface area is 304 Å². The molecule has 1 amide bonds. The van der Waals surface area contributed by atoms with E-state index < -0.39 is 17.4 Å². The minimum absolute atomic E-state index is 0.0263. The Kier molecular flexibility index (Phi) is 8.40. The molecule has 2 aromatic carbocycles. The number of nitrogens with zero attached hydrogens (tertiary/aromatic N) is 5. The molecule has 0 bridgehead atoms. The van der Waals surface area contributed by atoms with E-state index in [1.807, 2.05) is 18.2 Å². The summed E-state index contributed by atoms with van der Waals surface area (Å²) in [6.45, 7) is 1.95. The summed E-state index contributed by atoms with van der Waals surface area (Å²) in [5, 5.41) is 10.0. The fourth-order valence-corrected chi connectivity index (χ4v) is 7.93. The molecule has 1 aliphatic carbocycles. The molecule has 0 radical (unpaired) electrons. The molecule has 2 fully saturated rings. The predicted molar refractivity (Wildman–Crippen MR) is 189 cm³/mol. The number of rotatable bonds is 6. The summed E-state index contributed by atoms with van der Waals surface area (Å²) in [6, 6.07) is 13.3. The smallest absolute Gasteiger partial charge is 0.433 e. The molecule has 3 aromatic heterocycles. The molecule has 5 heterocycles. The summed E-state index contributed by atoms with van der Waals surface area (Å²) < 4.78 is 54.2. The van der Waals surface area contributed by atoms with Gasteiger partial charge in [0.25, 0.3) is 5.56 Å². The third-order valence-electron chi connectivity index (χ3n) is 9.90. The Morgan fingerprint density at radius 1 is 1.04 bits per heavy atom. The van der Waals surface area contributed by atoms with Crippen LogP contribution < -0.4 is 20.9 Å². The van der Waals surface area contributed by atoms with E-state index in [1.165, 1.54) is 13.2 Å². The lowest BCUT2D eigenvalue weighted by molar-refractivity contribution is -0.179. The molecule has 2 N–H and O–H groups in total. The van der Waals surface area contributed by atoms with Crippen LogP contribution >= 0.6 is 23.2 Å². The number of morpholine rings is 1. The van der Waals surface area contributed by atoms with Crippen LogP contribution in [-0.2, 0) is 29.2 Å². The monoisotopic (exact) mass is 751 g/mol. The second-order valence-corrected chi connectivity index (χ2v) is 13.9. The van der Waals surface area contributed by atoms with Gasteiger partial charge in [-0.2, -0.15) is 18.3 Å². The standard InChI is InChI=1S/C36H30Cl2F3N7O4/c1-47-34(50)29-19(13-43-47)12-26(36(39,40)41)46-32(29)44-23-8-4-6-21(31(23)38)20-5-3-7-22(30(20)37)24-11-18-9-10-25(28(18)33(45-24)51-2)48-16-35(17-48)15-42-27(49)14-52-35/h3-8,11-13,25H,9-10,14-17H2,1-2H3,(H,42,49)(H,44,46). The summed E-state index contributed by atoms with van der Waals surface area (Å²) in [4.78, 5) is 35.6. The van der Waals surface area contributed by atoms with Gasteiger partial charge < -0.3 is 20.1 Å². The van der Waals surface area contributed by atoms with Gasteiger partial charge in [-0.15, -0.1) is 0 Å². The van der Waals surface area contributed by atoms with Gasteiger partial charge in [0.05, 0.1) is 40.1 Å². The van der Waals surface area contributed by atoms with Crippen LogP contribution in [0.5, 0.6) is 5.88 Å². The third kappa shape index (κ3) is 5.83. The van der Waals surface area contributed by atoms with Gasteiger partial charge in [0.2, 0.25) is 11.8 Å². The number of aromatic nitrogens is 4. The van der Waals surface area contributed by atoms with Crippen LogP contribution in [0.15, 0.2) is 59.5 Å². The maximum atomic E-state index is 13.8. The molecule has 268 valence electrons. The normalized spacial score (nSPS) is 18.3. The molecular formula is C36H30Cl2F3N7O4. The number of carbonyl (C=O) groups is 1. The first kappa shape index (κ1) is 34.3. The minimum Gasteiger partial charge on any atom is -0.481 e. The van der Waals surface area contributed by atoms with Crippen molar-refractivity contribution in [2.45, 2.75) is 30.7 Å². The zero-order chi connectivity index (χ0) is 36.5. The molecule has 52 heavy (non-hydrogen) atoms. The number of likely N-dealkylation sites (tertiary alicyclic amines) is 1. The Bertz CT molecular complexity index is 2330. The minimum atomic E-state index is -4.78. The highest BCUT2D eigenvalue weighted by Crippen LogP contribution is 2.48. The number of carbonyl (C=O) groups excluding carboxylic acids is 1. The average Bonchev–Trinajstić information content (AvgIpc) is 3.53. The fourth-order valence-electron chi connectivity index (χ4n) is 7.33. The van der Waals surface area contributed by atoms with E-state index >= 15 is 0 Å². The predicted octanol–water partition coefficient (Wildman–Crippen LogP) is 6.32. The number of hydrogen-bond donors (Lipinski definition) is 2.